The number of hydrogen-bond donors (Lipinski definition) is 1. The van der Waals surface area contributed by atoms with Crippen molar-refractivity contribution in [1.29, 1.82) is 0 Å². The smallest absolute Gasteiger partial charge is 0.123 e. The monoisotopic (exact) mass is 277 g/mol. The van der Waals surface area contributed by atoms with Crippen LogP contribution in [0.25, 0.3) is 0 Å². The summed E-state index contributed by atoms with van der Waals surface area (Å²) in [6.45, 7) is 13.8. The van der Waals surface area contributed by atoms with Crippen molar-refractivity contribution < 1.29 is 4.74 Å². The molecule has 0 aliphatic carbocycles. The van der Waals surface area contributed by atoms with Gasteiger partial charge in [-0.3, -0.25) is 0 Å². The number of unbranched alkanes of at least 4 members (excludes halogenated alkanes) is 2. The number of benzene rings is 1. The quantitative estimate of drug-likeness (QED) is 0.709. The van der Waals surface area contributed by atoms with E-state index < -0.39 is 0 Å². The maximum absolute atomic E-state index is 5.99. The largest absolute Gasteiger partial charge is 0.492 e. The van der Waals surface area contributed by atoms with E-state index in [2.05, 4.69) is 58.1 Å². The fourth-order valence-corrected chi connectivity index (χ4v) is 2.23. The van der Waals surface area contributed by atoms with Gasteiger partial charge in [0.1, 0.15) is 12.4 Å². The molecule has 0 aromatic heterocycles. The van der Waals surface area contributed by atoms with Gasteiger partial charge in [0.15, 0.2) is 0 Å². The maximum Gasteiger partial charge on any atom is 0.123 e. The van der Waals surface area contributed by atoms with Crippen molar-refractivity contribution in [3.8, 4) is 5.75 Å². The Morgan fingerprint density at radius 1 is 1.10 bits per heavy atom. The van der Waals surface area contributed by atoms with Gasteiger partial charge in [0.25, 0.3) is 0 Å². The summed E-state index contributed by atoms with van der Waals surface area (Å²) in [5.74, 6) is 1.04. The lowest BCUT2D eigenvalue weighted by Gasteiger charge is -2.23. The fraction of sp³-hybridized carbons (Fsp3) is 0.667. The van der Waals surface area contributed by atoms with E-state index >= 15 is 0 Å². The van der Waals surface area contributed by atoms with Gasteiger partial charge in [-0.25, -0.2) is 0 Å². The van der Waals surface area contributed by atoms with Gasteiger partial charge in [-0.2, -0.15) is 0 Å². The fourth-order valence-electron chi connectivity index (χ4n) is 2.23. The van der Waals surface area contributed by atoms with Gasteiger partial charge in [-0.1, -0.05) is 52.7 Å². The van der Waals surface area contributed by atoms with Gasteiger partial charge in [0, 0.05) is 6.54 Å². The van der Waals surface area contributed by atoms with Crippen LogP contribution in [0.15, 0.2) is 18.2 Å². The molecule has 0 spiro atoms. The number of ether oxygens (including phenoxy) is 1. The van der Waals surface area contributed by atoms with E-state index in [0.717, 1.165) is 25.4 Å². The number of aryl methyl sites for hydroxylation is 1. The summed E-state index contributed by atoms with van der Waals surface area (Å²) in [5.41, 5.74) is 2.66. The summed E-state index contributed by atoms with van der Waals surface area (Å²) in [5, 5.41) is 3.44. The van der Waals surface area contributed by atoms with Crippen molar-refractivity contribution in [2.24, 2.45) is 0 Å². The zero-order valence-electron chi connectivity index (χ0n) is 13.9. The summed E-state index contributed by atoms with van der Waals surface area (Å²) in [7, 11) is 0. The molecule has 0 bridgehead atoms. The van der Waals surface area contributed by atoms with Crippen LogP contribution in [0.1, 0.15) is 58.1 Å². The normalized spacial score (nSPS) is 11.7. The van der Waals surface area contributed by atoms with E-state index in [4.69, 9.17) is 4.74 Å². The molecule has 0 amide bonds. The summed E-state index contributed by atoms with van der Waals surface area (Å²) in [6, 6.07) is 6.51. The topological polar surface area (TPSA) is 21.3 Å². The lowest BCUT2D eigenvalue weighted by molar-refractivity contribution is 0.305. The van der Waals surface area contributed by atoms with Gasteiger partial charge in [-0.05, 0) is 42.5 Å². The summed E-state index contributed by atoms with van der Waals surface area (Å²) >= 11 is 0. The third-order valence-corrected chi connectivity index (χ3v) is 3.44. The highest BCUT2D eigenvalue weighted by atomic mass is 16.5. The summed E-state index contributed by atoms with van der Waals surface area (Å²) < 4.78 is 5.99. The molecule has 0 atom stereocenters. The predicted octanol–water partition coefficient (Wildman–Crippen LogP) is 4.45. The lowest BCUT2D eigenvalue weighted by atomic mass is 9.86. The highest BCUT2D eigenvalue weighted by Gasteiger charge is 2.18. The van der Waals surface area contributed by atoms with Gasteiger partial charge < -0.3 is 10.1 Å². The highest BCUT2D eigenvalue weighted by Crippen LogP contribution is 2.31. The van der Waals surface area contributed by atoms with Crippen molar-refractivity contribution in [2.45, 2.75) is 59.3 Å². The molecule has 20 heavy (non-hydrogen) atoms. The molecule has 2 heteroatoms. The molecule has 1 rings (SSSR count). The van der Waals surface area contributed by atoms with Crippen LogP contribution in [-0.4, -0.2) is 19.7 Å². The molecule has 2 nitrogen and oxygen atoms in total. The van der Waals surface area contributed by atoms with Gasteiger partial charge in [-0.15, -0.1) is 0 Å². The molecule has 0 radical (unpaired) electrons. The van der Waals surface area contributed by atoms with E-state index in [0.29, 0.717) is 0 Å². The Hall–Kier alpha value is -1.02. The van der Waals surface area contributed by atoms with Gasteiger partial charge in [0.05, 0.1) is 0 Å². The lowest BCUT2D eigenvalue weighted by Crippen LogP contribution is -2.23. The molecular formula is C18H31NO. The Morgan fingerprint density at radius 3 is 2.50 bits per heavy atom. The SMILES string of the molecule is CCCCCNCCOc1cc(C)ccc1C(C)(C)C. The molecular weight excluding hydrogens is 246 g/mol. The van der Waals surface area contributed by atoms with Crippen molar-refractivity contribution in [1.82, 2.24) is 5.32 Å². The second-order valence-corrected chi connectivity index (χ2v) is 6.56. The maximum atomic E-state index is 5.99. The average Bonchev–Trinajstić information content (AvgIpc) is 2.36. The first kappa shape index (κ1) is 17.0. The Bertz CT molecular complexity index is 393. The summed E-state index contributed by atoms with van der Waals surface area (Å²) in [4.78, 5) is 0. The number of rotatable bonds is 8. The zero-order valence-corrected chi connectivity index (χ0v) is 13.9. The van der Waals surface area contributed by atoms with Crippen LogP contribution in [0.5, 0.6) is 5.75 Å². The minimum Gasteiger partial charge on any atom is -0.492 e. The number of nitrogens with one attached hydrogen (secondary N) is 1. The minimum atomic E-state index is 0.123. The Morgan fingerprint density at radius 2 is 1.85 bits per heavy atom. The molecule has 0 saturated heterocycles. The van der Waals surface area contributed by atoms with Crippen LogP contribution >= 0.6 is 0 Å². The molecule has 114 valence electrons. The third-order valence-electron chi connectivity index (χ3n) is 3.44. The minimum absolute atomic E-state index is 0.123. The van der Waals surface area contributed by atoms with Crippen molar-refractivity contribution in [3.05, 3.63) is 29.3 Å². The van der Waals surface area contributed by atoms with Crippen LogP contribution in [-0.2, 0) is 5.41 Å². The molecule has 0 aliphatic heterocycles. The van der Waals surface area contributed by atoms with E-state index in [1.54, 1.807) is 0 Å². The second kappa shape index (κ2) is 8.31. The number of hydrogen-bond acceptors (Lipinski definition) is 2. The van der Waals surface area contributed by atoms with Crippen LogP contribution in [0.4, 0.5) is 0 Å². The first-order valence-electron chi connectivity index (χ1n) is 7.90. The Labute approximate surface area is 124 Å². The predicted molar refractivity (Wildman–Crippen MR) is 87.8 cm³/mol. The van der Waals surface area contributed by atoms with Crippen LogP contribution < -0.4 is 10.1 Å². The average molecular weight is 277 g/mol. The first-order chi connectivity index (χ1) is 9.45. The third kappa shape index (κ3) is 5.96. The van der Waals surface area contributed by atoms with Gasteiger partial charge in [0.2, 0.25) is 0 Å². The molecule has 0 heterocycles. The molecule has 1 N–H and O–H groups in total. The van der Waals surface area contributed by atoms with Crippen LogP contribution in [0.2, 0.25) is 0 Å². The van der Waals surface area contributed by atoms with Crippen LogP contribution in [0.3, 0.4) is 0 Å². The summed E-state index contributed by atoms with van der Waals surface area (Å²) in [6.07, 6.45) is 3.84. The Kier molecular flexibility index (Phi) is 7.08. The first-order valence-corrected chi connectivity index (χ1v) is 7.90. The molecule has 1 aromatic carbocycles. The second-order valence-electron chi connectivity index (χ2n) is 6.56. The zero-order chi connectivity index (χ0) is 15.0. The molecule has 0 saturated carbocycles. The Balaban J connectivity index is 2.45. The highest BCUT2D eigenvalue weighted by molar-refractivity contribution is 5.41. The van der Waals surface area contributed by atoms with E-state index in [9.17, 15) is 0 Å². The van der Waals surface area contributed by atoms with Crippen molar-refractivity contribution in [3.63, 3.8) is 0 Å². The standard InChI is InChI=1S/C18H31NO/c1-6-7-8-11-19-12-13-20-17-14-15(2)9-10-16(17)18(3,4)5/h9-10,14,19H,6-8,11-13H2,1-5H3. The van der Waals surface area contributed by atoms with E-state index in [-0.39, 0.29) is 5.41 Å². The molecule has 0 aliphatic rings. The van der Waals surface area contributed by atoms with Crippen molar-refractivity contribution in [2.75, 3.05) is 19.7 Å². The molecule has 0 unspecified atom stereocenters. The van der Waals surface area contributed by atoms with Gasteiger partial charge >= 0.3 is 0 Å². The van der Waals surface area contributed by atoms with E-state index in [1.165, 1.54) is 30.4 Å². The molecule has 0 fully saturated rings. The molecule has 1 aromatic rings. The van der Waals surface area contributed by atoms with Crippen molar-refractivity contribution >= 4 is 0 Å². The van der Waals surface area contributed by atoms with Crippen LogP contribution in [0, 0.1) is 6.92 Å². The van der Waals surface area contributed by atoms with E-state index in [1.807, 2.05) is 0 Å².